The van der Waals surface area contributed by atoms with Crippen LogP contribution in [0.25, 0.3) is 0 Å². The Hall–Kier alpha value is -1.00. The summed E-state index contributed by atoms with van der Waals surface area (Å²) in [6.45, 7) is 0.967. The summed E-state index contributed by atoms with van der Waals surface area (Å²) in [7, 11) is 0. The Kier molecular flexibility index (Phi) is 2.95. The summed E-state index contributed by atoms with van der Waals surface area (Å²) in [5.41, 5.74) is 0. The molecule has 0 atom stereocenters. The molecule has 0 unspecified atom stereocenters. The minimum atomic E-state index is -4.16. The summed E-state index contributed by atoms with van der Waals surface area (Å²) in [6.07, 6.45) is -0.0175. The summed E-state index contributed by atoms with van der Waals surface area (Å²) in [5.74, 6) is 0.500. The van der Waals surface area contributed by atoms with Gasteiger partial charge in [-0.1, -0.05) is 6.92 Å². The number of nitrogens with zero attached hydrogens (tertiary/aromatic N) is 2. The minimum absolute atomic E-state index is 0.500. The maximum absolute atomic E-state index is 12.0. The SMILES string of the molecule is CCCc1nccn1CC(F)(F)F. The molecule has 0 aliphatic carbocycles. The molecule has 0 aromatic carbocycles. The standard InChI is InChI=1S/C8H11F3N2/c1-2-3-7-12-4-5-13(7)6-8(9,10)11/h4-5H,2-3,6H2,1H3. The largest absolute Gasteiger partial charge is 0.406 e. The third kappa shape index (κ3) is 3.08. The molecular formula is C8H11F3N2. The van der Waals surface area contributed by atoms with Crippen LogP contribution < -0.4 is 0 Å². The molecule has 0 N–H and O–H groups in total. The van der Waals surface area contributed by atoms with E-state index in [0.29, 0.717) is 12.2 Å². The number of imidazole rings is 1. The van der Waals surface area contributed by atoms with Crippen LogP contribution in [0.3, 0.4) is 0 Å². The lowest BCUT2D eigenvalue weighted by atomic mass is 10.3. The topological polar surface area (TPSA) is 17.8 Å². The Morgan fingerprint density at radius 2 is 2.15 bits per heavy atom. The summed E-state index contributed by atoms with van der Waals surface area (Å²) in [5, 5.41) is 0. The van der Waals surface area contributed by atoms with Crippen LogP contribution in [0.2, 0.25) is 0 Å². The first kappa shape index (κ1) is 10.1. The van der Waals surface area contributed by atoms with Gasteiger partial charge in [0.2, 0.25) is 0 Å². The van der Waals surface area contributed by atoms with Gasteiger partial charge in [0.05, 0.1) is 0 Å². The number of aromatic nitrogens is 2. The van der Waals surface area contributed by atoms with Crippen LogP contribution in [0.15, 0.2) is 12.4 Å². The predicted molar refractivity (Wildman–Crippen MR) is 42.3 cm³/mol. The molecule has 2 nitrogen and oxygen atoms in total. The fourth-order valence-corrected chi connectivity index (χ4v) is 1.13. The van der Waals surface area contributed by atoms with E-state index in [0.717, 1.165) is 11.0 Å². The monoisotopic (exact) mass is 192 g/mol. The van der Waals surface area contributed by atoms with Crippen molar-refractivity contribution < 1.29 is 13.2 Å². The van der Waals surface area contributed by atoms with Crippen molar-refractivity contribution in [2.75, 3.05) is 0 Å². The molecule has 0 saturated heterocycles. The van der Waals surface area contributed by atoms with Crippen LogP contribution in [0.5, 0.6) is 0 Å². The lowest BCUT2D eigenvalue weighted by Crippen LogP contribution is -2.18. The van der Waals surface area contributed by atoms with Gasteiger partial charge in [-0.25, -0.2) is 4.98 Å². The molecule has 0 saturated carbocycles. The smallest absolute Gasteiger partial charge is 0.326 e. The Labute approximate surface area is 74.4 Å². The molecule has 0 fully saturated rings. The average Bonchev–Trinajstić information content (AvgIpc) is 2.34. The van der Waals surface area contributed by atoms with Gasteiger partial charge in [-0.3, -0.25) is 0 Å². The lowest BCUT2D eigenvalue weighted by Gasteiger charge is -2.09. The zero-order chi connectivity index (χ0) is 9.90. The van der Waals surface area contributed by atoms with E-state index in [1.54, 1.807) is 0 Å². The van der Waals surface area contributed by atoms with Crippen molar-refractivity contribution in [1.29, 1.82) is 0 Å². The number of rotatable bonds is 3. The van der Waals surface area contributed by atoms with E-state index in [2.05, 4.69) is 4.98 Å². The highest BCUT2D eigenvalue weighted by molar-refractivity contribution is 4.92. The first-order chi connectivity index (χ1) is 6.03. The first-order valence-corrected chi connectivity index (χ1v) is 4.09. The summed E-state index contributed by atoms with van der Waals surface area (Å²) >= 11 is 0. The molecule has 0 radical (unpaired) electrons. The van der Waals surface area contributed by atoms with Crippen molar-refractivity contribution in [3.8, 4) is 0 Å². The fraction of sp³-hybridized carbons (Fsp3) is 0.625. The maximum Gasteiger partial charge on any atom is 0.406 e. The van der Waals surface area contributed by atoms with Gasteiger partial charge >= 0.3 is 6.18 Å². The van der Waals surface area contributed by atoms with Gasteiger partial charge in [0.15, 0.2) is 0 Å². The van der Waals surface area contributed by atoms with E-state index in [1.165, 1.54) is 12.4 Å². The summed E-state index contributed by atoms with van der Waals surface area (Å²) in [4.78, 5) is 3.85. The van der Waals surface area contributed by atoms with Crippen LogP contribution in [0.4, 0.5) is 13.2 Å². The maximum atomic E-state index is 12.0. The van der Waals surface area contributed by atoms with Crippen LogP contribution in [-0.2, 0) is 13.0 Å². The van der Waals surface area contributed by atoms with E-state index in [-0.39, 0.29) is 0 Å². The number of halogens is 3. The third-order valence-corrected chi connectivity index (χ3v) is 1.62. The van der Waals surface area contributed by atoms with Crippen LogP contribution in [-0.4, -0.2) is 15.7 Å². The van der Waals surface area contributed by atoms with E-state index in [1.807, 2.05) is 6.92 Å². The quantitative estimate of drug-likeness (QED) is 0.719. The molecule has 0 bridgehead atoms. The van der Waals surface area contributed by atoms with Crippen LogP contribution in [0, 0.1) is 0 Å². The second-order valence-electron chi connectivity index (χ2n) is 2.84. The third-order valence-electron chi connectivity index (χ3n) is 1.62. The van der Waals surface area contributed by atoms with Crippen LogP contribution in [0.1, 0.15) is 19.2 Å². The van der Waals surface area contributed by atoms with Gasteiger partial charge in [-0.05, 0) is 6.42 Å². The highest BCUT2D eigenvalue weighted by atomic mass is 19.4. The highest BCUT2D eigenvalue weighted by Crippen LogP contribution is 2.18. The number of aryl methyl sites for hydroxylation is 1. The number of hydrogen-bond acceptors (Lipinski definition) is 1. The number of alkyl halides is 3. The molecule has 0 aliphatic rings. The van der Waals surface area contributed by atoms with Gasteiger partial charge in [0.25, 0.3) is 0 Å². The molecule has 5 heteroatoms. The molecule has 1 aromatic heterocycles. The normalized spacial score (nSPS) is 12.0. The molecular weight excluding hydrogens is 181 g/mol. The summed E-state index contributed by atoms with van der Waals surface area (Å²) < 4.78 is 37.1. The van der Waals surface area contributed by atoms with E-state index >= 15 is 0 Å². The number of hydrogen-bond donors (Lipinski definition) is 0. The van der Waals surface area contributed by atoms with Crippen molar-refractivity contribution >= 4 is 0 Å². The Morgan fingerprint density at radius 1 is 1.46 bits per heavy atom. The van der Waals surface area contributed by atoms with Gasteiger partial charge in [0.1, 0.15) is 12.4 Å². The summed E-state index contributed by atoms with van der Waals surface area (Å²) in [6, 6.07) is 0. The van der Waals surface area contributed by atoms with Crippen molar-refractivity contribution in [2.45, 2.75) is 32.5 Å². The van der Waals surface area contributed by atoms with Gasteiger partial charge < -0.3 is 4.57 Å². The van der Waals surface area contributed by atoms with Crippen LogP contribution >= 0.6 is 0 Å². The van der Waals surface area contributed by atoms with Crippen molar-refractivity contribution in [2.24, 2.45) is 0 Å². The van der Waals surface area contributed by atoms with E-state index in [9.17, 15) is 13.2 Å². The second kappa shape index (κ2) is 3.81. The predicted octanol–water partition coefficient (Wildman–Crippen LogP) is 2.40. The Bertz CT molecular complexity index is 265. The second-order valence-corrected chi connectivity index (χ2v) is 2.84. The molecule has 1 aromatic rings. The average molecular weight is 192 g/mol. The Balaban J connectivity index is 2.70. The highest BCUT2D eigenvalue weighted by Gasteiger charge is 2.28. The molecule has 13 heavy (non-hydrogen) atoms. The van der Waals surface area contributed by atoms with E-state index in [4.69, 9.17) is 0 Å². The van der Waals surface area contributed by atoms with E-state index < -0.39 is 12.7 Å². The fourth-order valence-electron chi connectivity index (χ4n) is 1.13. The molecule has 74 valence electrons. The minimum Gasteiger partial charge on any atom is -0.326 e. The van der Waals surface area contributed by atoms with Gasteiger partial charge in [-0.2, -0.15) is 13.2 Å². The van der Waals surface area contributed by atoms with Gasteiger partial charge in [-0.15, -0.1) is 0 Å². The molecule has 0 amide bonds. The molecule has 0 aliphatic heterocycles. The van der Waals surface area contributed by atoms with Gasteiger partial charge in [0, 0.05) is 18.8 Å². The molecule has 1 heterocycles. The molecule has 0 spiro atoms. The molecule has 1 rings (SSSR count). The van der Waals surface area contributed by atoms with Crippen molar-refractivity contribution in [1.82, 2.24) is 9.55 Å². The lowest BCUT2D eigenvalue weighted by molar-refractivity contribution is -0.141. The van der Waals surface area contributed by atoms with Crippen molar-refractivity contribution in [3.63, 3.8) is 0 Å². The zero-order valence-electron chi connectivity index (χ0n) is 7.30. The van der Waals surface area contributed by atoms with Crippen molar-refractivity contribution in [3.05, 3.63) is 18.2 Å². The zero-order valence-corrected chi connectivity index (χ0v) is 7.30. The Morgan fingerprint density at radius 3 is 2.69 bits per heavy atom. The first-order valence-electron chi connectivity index (χ1n) is 4.09.